The molecular weight excluding hydrogens is 270 g/mol. The summed E-state index contributed by atoms with van der Waals surface area (Å²) in [5.41, 5.74) is 3.96. The summed E-state index contributed by atoms with van der Waals surface area (Å²) in [6.45, 7) is 4.03. The van der Waals surface area contributed by atoms with E-state index in [4.69, 9.17) is 11.6 Å². The minimum atomic E-state index is -0.0693. The van der Waals surface area contributed by atoms with Crippen LogP contribution in [-0.4, -0.2) is 5.91 Å². The van der Waals surface area contributed by atoms with Crippen LogP contribution in [0.25, 0.3) is 0 Å². The highest BCUT2D eigenvalue weighted by Crippen LogP contribution is 2.15. The van der Waals surface area contributed by atoms with Gasteiger partial charge in [0.2, 0.25) is 0 Å². The first kappa shape index (κ1) is 14.6. The van der Waals surface area contributed by atoms with Crippen LogP contribution in [0.2, 0.25) is 0 Å². The Morgan fingerprint density at radius 1 is 1.20 bits per heavy atom. The quantitative estimate of drug-likeness (QED) is 0.838. The Morgan fingerprint density at radius 3 is 2.50 bits per heavy atom. The van der Waals surface area contributed by atoms with Gasteiger partial charge in [-0.15, -0.1) is 11.6 Å². The van der Waals surface area contributed by atoms with Crippen LogP contribution in [0.15, 0.2) is 48.5 Å². The number of aryl methyl sites for hydroxylation is 1. The van der Waals surface area contributed by atoms with Crippen molar-refractivity contribution in [2.24, 2.45) is 0 Å². The van der Waals surface area contributed by atoms with Gasteiger partial charge in [0.05, 0.1) is 6.04 Å². The Hall–Kier alpha value is -1.80. The zero-order chi connectivity index (χ0) is 14.5. The van der Waals surface area contributed by atoms with Gasteiger partial charge in [-0.25, -0.2) is 0 Å². The van der Waals surface area contributed by atoms with Gasteiger partial charge in [-0.1, -0.05) is 42.0 Å². The van der Waals surface area contributed by atoms with Gasteiger partial charge in [0, 0.05) is 11.4 Å². The molecule has 0 saturated carbocycles. The zero-order valence-corrected chi connectivity index (χ0v) is 12.4. The maximum atomic E-state index is 12.2. The minimum absolute atomic E-state index is 0.0184. The van der Waals surface area contributed by atoms with Gasteiger partial charge in [0.25, 0.3) is 5.91 Å². The summed E-state index contributed by atoms with van der Waals surface area (Å²) in [4.78, 5) is 12.2. The first-order chi connectivity index (χ1) is 9.60. The van der Waals surface area contributed by atoms with E-state index in [1.54, 1.807) is 12.1 Å². The number of carbonyl (C=O) groups is 1. The lowest BCUT2D eigenvalue weighted by molar-refractivity contribution is 0.0940. The van der Waals surface area contributed by atoms with Gasteiger partial charge >= 0.3 is 0 Å². The third kappa shape index (κ3) is 3.61. The van der Waals surface area contributed by atoms with Gasteiger partial charge in [0.1, 0.15) is 0 Å². The molecule has 1 N–H and O–H groups in total. The first-order valence-corrected chi connectivity index (χ1v) is 7.16. The fraction of sp³-hybridized carbons (Fsp3) is 0.235. The molecule has 0 aromatic heterocycles. The lowest BCUT2D eigenvalue weighted by atomic mass is 10.1. The van der Waals surface area contributed by atoms with Crippen molar-refractivity contribution in [3.63, 3.8) is 0 Å². The number of carbonyl (C=O) groups excluding carboxylic acids is 1. The third-order valence-corrected chi connectivity index (χ3v) is 3.57. The molecule has 0 heterocycles. The molecule has 0 aliphatic heterocycles. The molecule has 20 heavy (non-hydrogen) atoms. The Morgan fingerprint density at radius 2 is 1.90 bits per heavy atom. The molecule has 2 nitrogen and oxygen atoms in total. The Balaban J connectivity index is 2.06. The van der Waals surface area contributed by atoms with Crippen molar-refractivity contribution in [2.75, 3.05) is 0 Å². The summed E-state index contributed by atoms with van der Waals surface area (Å²) in [7, 11) is 0. The third-order valence-electron chi connectivity index (χ3n) is 3.26. The Labute approximate surface area is 124 Å². The van der Waals surface area contributed by atoms with Crippen LogP contribution in [-0.2, 0) is 5.88 Å². The fourth-order valence-electron chi connectivity index (χ4n) is 2.05. The molecule has 0 bridgehead atoms. The molecule has 0 unspecified atom stereocenters. The molecule has 2 rings (SSSR count). The molecule has 0 aliphatic carbocycles. The number of nitrogens with one attached hydrogen (secondary N) is 1. The number of halogens is 1. The Kier molecular flexibility index (Phi) is 4.80. The average Bonchev–Trinajstić information content (AvgIpc) is 2.47. The maximum absolute atomic E-state index is 12.2. The lowest BCUT2D eigenvalue weighted by Crippen LogP contribution is -2.26. The van der Waals surface area contributed by atoms with E-state index in [0.29, 0.717) is 11.4 Å². The van der Waals surface area contributed by atoms with Crippen molar-refractivity contribution in [1.82, 2.24) is 5.32 Å². The van der Waals surface area contributed by atoms with Gasteiger partial charge in [-0.3, -0.25) is 4.79 Å². The standard InChI is InChI=1S/C17H18ClNO/c1-12-4-3-5-16(10-12)13(2)19-17(20)15-8-6-14(11-18)7-9-15/h3-10,13H,11H2,1-2H3,(H,19,20)/t13-/m0/s1. The van der Waals surface area contributed by atoms with Gasteiger partial charge in [-0.05, 0) is 37.1 Å². The lowest BCUT2D eigenvalue weighted by Gasteiger charge is -2.15. The molecule has 2 aromatic carbocycles. The van der Waals surface area contributed by atoms with Crippen LogP contribution >= 0.6 is 11.6 Å². The molecule has 0 spiro atoms. The van der Waals surface area contributed by atoms with E-state index < -0.39 is 0 Å². The van der Waals surface area contributed by atoms with E-state index in [1.165, 1.54) is 5.56 Å². The molecule has 1 atom stereocenters. The van der Waals surface area contributed by atoms with Crippen molar-refractivity contribution in [1.29, 1.82) is 0 Å². The average molecular weight is 288 g/mol. The van der Waals surface area contributed by atoms with E-state index in [1.807, 2.05) is 44.2 Å². The second-order valence-electron chi connectivity index (χ2n) is 4.94. The summed E-state index contributed by atoms with van der Waals surface area (Å²) >= 11 is 5.74. The molecule has 3 heteroatoms. The van der Waals surface area contributed by atoms with Crippen molar-refractivity contribution < 1.29 is 4.79 Å². The van der Waals surface area contributed by atoms with E-state index in [0.717, 1.165) is 11.1 Å². The maximum Gasteiger partial charge on any atom is 0.251 e. The number of hydrogen-bond donors (Lipinski definition) is 1. The number of hydrogen-bond acceptors (Lipinski definition) is 1. The van der Waals surface area contributed by atoms with E-state index in [9.17, 15) is 4.79 Å². The van der Waals surface area contributed by atoms with Gasteiger partial charge in [-0.2, -0.15) is 0 Å². The predicted octanol–water partition coefficient (Wildman–Crippen LogP) is 4.22. The summed E-state index contributed by atoms with van der Waals surface area (Å²) in [6, 6.07) is 15.5. The normalized spacial score (nSPS) is 11.9. The summed E-state index contributed by atoms with van der Waals surface area (Å²) in [6.07, 6.45) is 0. The number of rotatable bonds is 4. The largest absolute Gasteiger partial charge is 0.346 e. The van der Waals surface area contributed by atoms with E-state index >= 15 is 0 Å². The molecule has 2 aromatic rings. The first-order valence-electron chi connectivity index (χ1n) is 6.62. The van der Waals surface area contributed by atoms with Crippen molar-refractivity contribution in [3.05, 3.63) is 70.8 Å². The summed E-state index contributed by atoms with van der Waals surface area (Å²) < 4.78 is 0. The van der Waals surface area contributed by atoms with Crippen LogP contribution < -0.4 is 5.32 Å². The minimum Gasteiger partial charge on any atom is -0.346 e. The summed E-state index contributed by atoms with van der Waals surface area (Å²) in [5.74, 6) is 0.391. The second-order valence-corrected chi connectivity index (χ2v) is 5.21. The highest BCUT2D eigenvalue weighted by molar-refractivity contribution is 6.17. The SMILES string of the molecule is Cc1cccc([C@H](C)NC(=O)c2ccc(CCl)cc2)c1. The van der Waals surface area contributed by atoms with E-state index in [2.05, 4.69) is 11.4 Å². The molecule has 0 radical (unpaired) electrons. The highest BCUT2D eigenvalue weighted by Gasteiger charge is 2.11. The molecule has 0 aliphatic rings. The molecule has 0 fully saturated rings. The number of alkyl halides is 1. The van der Waals surface area contributed by atoms with E-state index in [-0.39, 0.29) is 11.9 Å². The molecular formula is C17H18ClNO. The highest BCUT2D eigenvalue weighted by atomic mass is 35.5. The number of amides is 1. The fourth-order valence-corrected chi connectivity index (χ4v) is 2.23. The molecule has 1 amide bonds. The smallest absolute Gasteiger partial charge is 0.251 e. The van der Waals surface area contributed by atoms with Gasteiger partial charge < -0.3 is 5.32 Å². The summed E-state index contributed by atoms with van der Waals surface area (Å²) in [5, 5.41) is 3.01. The number of benzene rings is 2. The topological polar surface area (TPSA) is 29.1 Å². The molecule has 104 valence electrons. The van der Waals surface area contributed by atoms with Crippen LogP contribution in [0.1, 0.15) is 40.0 Å². The van der Waals surface area contributed by atoms with Crippen LogP contribution in [0.4, 0.5) is 0 Å². The monoisotopic (exact) mass is 287 g/mol. The van der Waals surface area contributed by atoms with Crippen molar-refractivity contribution >= 4 is 17.5 Å². The van der Waals surface area contributed by atoms with Crippen LogP contribution in [0.5, 0.6) is 0 Å². The second kappa shape index (κ2) is 6.58. The van der Waals surface area contributed by atoms with Crippen LogP contribution in [0, 0.1) is 6.92 Å². The van der Waals surface area contributed by atoms with Crippen molar-refractivity contribution in [3.8, 4) is 0 Å². The van der Waals surface area contributed by atoms with Gasteiger partial charge in [0.15, 0.2) is 0 Å². The Bertz CT molecular complexity index is 592. The zero-order valence-electron chi connectivity index (χ0n) is 11.7. The van der Waals surface area contributed by atoms with Crippen molar-refractivity contribution in [2.45, 2.75) is 25.8 Å². The van der Waals surface area contributed by atoms with Crippen LogP contribution in [0.3, 0.4) is 0 Å². The predicted molar refractivity (Wildman–Crippen MR) is 83.1 cm³/mol. The molecule has 0 saturated heterocycles.